The number of nitrogens with two attached hydrogens (primary N) is 1. The first-order valence-electron chi connectivity index (χ1n) is 5.75. The van der Waals surface area contributed by atoms with E-state index in [1.807, 2.05) is 30.3 Å². The standard InChI is InChI=1S/C14H15N3O/c15-12-6-7-14(16-9-12)17-13(10-18)8-11-4-2-1-3-5-11/h1-7,9-10,13H,8,15H2,(H,16,17). The molecule has 0 saturated carbocycles. The van der Waals surface area contributed by atoms with Gasteiger partial charge < -0.3 is 15.8 Å². The Morgan fingerprint density at radius 1 is 1.22 bits per heavy atom. The molecule has 0 radical (unpaired) electrons. The van der Waals surface area contributed by atoms with Crippen LogP contribution in [0.15, 0.2) is 48.7 Å². The zero-order valence-electron chi connectivity index (χ0n) is 9.91. The van der Waals surface area contributed by atoms with Crippen molar-refractivity contribution in [3.05, 3.63) is 54.2 Å². The fourth-order valence-electron chi connectivity index (χ4n) is 1.68. The van der Waals surface area contributed by atoms with Crippen molar-refractivity contribution in [2.75, 3.05) is 11.1 Å². The molecule has 1 aromatic heterocycles. The second-order valence-electron chi connectivity index (χ2n) is 4.05. The Balaban J connectivity index is 2.01. The summed E-state index contributed by atoms with van der Waals surface area (Å²) in [5.41, 5.74) is 7.27. The van der Waals surface area contributed by atoms with Crippen molar-refractivity contribution in [3.8, 4) is 0 Å². The fourth-order valence-corrected chi connectivity index (χ4v) is 1.68. The van der Waals surface area contributed by atoms with E-state index in [0.717, 1.165) is 11.8 Å². The minimum Gasteiger partial charge on any atom is -0.397 e. The number of rotatable bonds is 5. The summed E-state index contributed by atoms with van der Waals surface area (Å²) >= 11 is 0. The van der Waals surface area contributed by atoms with Crippen molar-refractivity contribution in [1.82, 2.24) is 4.98 Å². The molecule has 4 heteroatoms. The smallest absolute Gasteiger partial charge is 0.142 e. The highest BCUT2D eigenvalue weighted by molar-refractivity contribution is 5.64. The zero-order valence-corrected chi connectivity index (χ0v) is 9.91. The number of nitrogen functional groups attached to an aromatic ring is 1. The van der Waals surface area contributed by atoms with Gasteiger partial charge in [-0.2, -0.15) is 0 Å². The minimum atomic E-state index is -0.288. The number of carbonyl (C=O) groups excluding carboxylic acids is 1. The van der Waals surface area contributed by atoms with Crippen LogP contribution in [0.4, 0.5) is 11.5 Å². The van der Waals surface area contributed by atoms with Gasteiger partial charge in [0.15, 0.2) is 0 Å². The van der Waals surface area contributed by atoms with E-state index in [4.69, 9.17) is 5.73 Å². The van der Waals surface area contributed by atoms with Gasteiger partial charge in [0.2, 0.25) is 0 Å². The van der Waals surface area contributed by atoms with Gasteiger partial charge in [-0.3, -0.25) is 0 Å². The highest BCUT2D eigenvalue weighted by Gasteiger charge is 2.08. The first-order chi connectivity index (χ1) is 8.78. The molecule has 0 amide bonds. The van der Waals surface area contributed by atoms with Crippen molar-refractivity contribution >= 4 is 17.8 Å². The van der Waals surface area contributed by atoms with Crippen LogP contribution >= 0.6 is 0 Å². The molecule has 0 fully saturated rings. The van der Waals surface area contributed by atoms with Crippen LogP contribution in [0.5, 0.6) is 0 Å². The predicted octanol–water partition coefficient (Wildman–Crippen LogP) is 1.89. The second-order valence-corrected chi connectivity index (χ2v) is 4.05. The Labute approximate surface area is 106 Å². The second kappa shape index (κ2) is 5.82. The van der Waals surface area contributed by atoms with Crippen molar-refractivity contribution in [2.45, 2.75) is 12.5 Å². The van der Waals surface area contributed by atoms with Gasteiger partial charge in [-0.05, 0) is 24.1 Å². The molecule has 1 atom stereocenters. The summed E-state index contributed by atoms with van der Waals surface area (Å²) in [6.07, 6.45) is 3.09. The first-order valence-corrected chi connectivity index (χ1v) is 5.75. The fraction of sp³-hybridized carbons (Fsp3) is 0.143. The van der Waals surface area contributed by atoms with Gasteiger partial charge in [-0.25, -0.2) is 4.98 Å². The SMILES string of the molecule is Nc1ccc(NC(C=O)Cc2ccccc2)nc1. The van der Waals surface area contributed by atoms with E-state index in [9.17, 15) is 4.79 Å². The van der Waals surface area contributed by atoms with Crippen LogP contribution in [0.25, 0.3) is 0 Å². The van der Waals surface area contributed by atoms with Crippen LogP contribution in [0.1, 0.15) is 5.56 Å². The molecule has 0 aliphatic heterocycles. The lowest BCUT2D eigenvalue weighted by atomic mass is 10.1. The molecule has 0 aliphatic carbocycles. The molecule has 0 saturated heterocycles. The van der Waals surface area contributed by atoms with E-state index < -0.39 is 0 Å². The van der Waals surface area contributed by atoms with E-state index in [1.54, 1.807) is 18.3 Å². The molecular formula is C14H15N3O. The molecule has 2 rings (SSSR count). The minimum absolute atomic E-state index is 0.288. The van der Waals surface area contributed by atoms with Gasteiger partial charge in [0.05, 0.1) is 17.9 Å². The maximum Gasteiger partial charge on any atom is 0.142 e. The van der Waals surface area contributed by atoms with Gasteiger partial charge in [0.1, 0.15) is 12.1 Å². The molecule has 0 spiro atoms. The van der Waals surface area contributed by atoms with E-state index in [0.29, 0.717) is 17.9 Å². The number of benzene rings is 1. The van der Waals surface area contributed by atoms with Crippen LogP contribution < -0.4 is 11.1 Å². The van der Waals surface area contributed by atoms with E-state index in [2.05, 4.69) is 10.3 Å². The third kappa shape index (κ3) is 3.31. The van der Waals surface area contributed by atoms with Crippen LogP contribution in [0.3, 0.4) is 0 Å². The van der Waals surface area contributed by atoms with Crippen LogP contribution in [-0.4, -0.2) is 17.3 Å². The van der Waals surface area contributed by atoms with Crippen LogP contribution in [0.2, 0.25) is 0 Å². The maximum atomic E-state index is 11.1. The number of carbonyl (C=O) groups is 1. The molecule has 4 nitrogen and oxygen atoms in total. The van der Waals surface area contributed by atoms with Crippen LogP contribution in [0, 0.1) is 0 Å². The molecule has 1 unspecified atom stereocenters. The van der Waals surface area contributed by atoms with E-state index in [1.165, 1.54) is 0 Å². The molecule has 3 N–H and O–H groups in total. The summed E-state index contributed by atoms with van der Waals surface area (Å²) in [7, 11) is 0. The topological polar surface area (TPSA) is 68.0 Å². The van der Waals surface area contributed by atoms with Gasteiger partial charge in [0, 0.05) is 0 Å². The van der Waals surface area contributed by atoms with Crippen molar-refractivity contribution < 1.29 is 4.79 Å². The number of aromatic nitrogens is 1. The number of hydrogen-bond acceptors (Lipinski definition) is 4. The molecule has 18 heavy (non-hydrogen) atoms. The third-order valence-electron chi connectivity index (χ3n) is 2.58. The molecule has 92 valence electrons. The van der Waals surface area contributed by atoms with Crippen molar-refractivity contribution in [2.24, 2.45) is 0 Å². The lowest BCUT2D eigenvalue weighted by molar-refractivity contribution is -0.108. The highest BCUT2D eigenvalue weighted by atomic mass is 16.1. The zero-order chi connectivity index (χ0) is 12.8. The largest absolute Gasteiger partial charge is 0.397 e. The number of aldehydes is 1. The molecule has 1 aromatic carbocycles. The Morgan fingerprint density at radius 2 is 2.00 bits per heavy atom. The number of pyridine rings is 1. The molecular weight excluding hydrogens is 226 g/mol. The van der Waals surface area contributed by atoms with Crippen LogP contribution in [-0.2, 0) is 11.2 Å². The molecule has 2 aromatic rings. The summed E-state index contributed by atoms with van der Waals surface area (Å²) in [5.74, 6) is 0.650. The predicted molar refractivity (Wildman–Crippen MR) is 72.3 cm³/mol. The number of nitrogens with zero attached hydrogens (tertiary/aromatic N) is 1. The Kier molecular flexibility index (Phi) is 3.91. The monoisotopic (exact) mass is 241 g/mol. The summed E-state index contributed by atoms with van der Waals surface area (Å²) in [4.78, 5) is 15.2. The average Bonchev–Trinajstić information content (AvgIpc) is 2.41. The average molecular weight is 241 g/mol. The number of anilines is 2. The molecule has 1 heterocycles. The maximum absolute atomic E-state index is 11.1. The summed E-state index contributed by atoms with van der Waals surface area (Å²) < 4.78 is 0. The summed E-state index contributed by atoms with van der Waals surface area (Å²) in [6, 6.07) is 13.1. The van der Waals surface area contributed by atoms with Crippen molar-refractivity contribution in [3.63, 3.8) is 0 Å². The van der Waals surface area contributed by atoms with Gasteiger partial charge in [0.25, 0.3) is 0 Å². The summed E-state index contributed by atoms with van der Waals surface area (Å²) in [6.45, 7) is 0. The van der Waals surface area contributed by atoms with Gasteiger partial charge in [-0.15, -0.1) is 0 Å². The Hall–Kier alpha value is -2.36. The number of hydrogen-bond donors (Lipinski definition) is 2. The van der Waals surface area contributed by atoms with E-state index >= 15 is 0 Å². The Bertz CT molecular complexity index is 496. The lowest BCUT2D eigenvalue weighted by Gasteiger charge is -2.13. The van der Waals surface area contributed by atoms with Gasteiger partial charge >= 0.3 is 0 Å². The molecule has 0 bridgehead atoms. The number of nitrogens with one attached hydrogen (secondary N) is 1. The van der Waals surface area contributed by atoms with Gasteiger partial charge in [-0.1, -0.05) is 30.3 Å². The summed E-state index contributed by atoms with van der Waals surface area (Å²) in [5, 5.41) is 3.07. The lowest BCUT2D eigenvalue weighted by Crippen LogP contribution is -2.24. The highest BCUT2D eigenvalue weighted by Crippen LogP contribution is 2.09. The van der Waals surface area contributed by atoms with Crippen molar-refractivity contribution in [1.29, 1.82) is 0 Å². The first kappa shape index (κ1) is 12.1. The molecule has 0 aliphatic rings. The normalized spacial score (nSPS) is 11.8. The Morgan fingerprint density at radius 3 is 2.61 bits per heavy atom. The third-order valence-corrected chi connectivity index (χ3v) is 2.58. The van der Waals surface area contributed by atoms with E-state index in [-0.39, 0.29) is 6.04 Å². The quantitative estimate of drug-likeness (QED) is 0.784.